The summed E-state index contributed by atoms with van der Waals surface area (Å²) in [7, 11) is 1.70. The number of amides is 3. The molecule has 1 aliphatic carbocycles. The lowest BCUT2D eigenvalue weighted by Gasteiger charge is -2.37. The van der Waals surface area contributed by atoms with Crippen LogP contribution in [0.4, 0.5) is 10.5 Å². The minimum atomic E-state index is -0.490. The largest absolute Gasteiger partial charge is 0.523 e. The minimum absolute atomic E-state index is 0.0236. The summed E-state index contributed by atoms with van der Waals surface area (Å²) in [4.78, 5) is 42.0. The van der Waals surface area contributed by atoms with Gasteiger partial charge < -0.3 is 15.4 Å². The summed E-state index contributed by atoms with van der Waals surface area (Å²) in [5.41, 5.74) is 9.49. The molecule has 202 valence electrons. The van der Waals surface area contributed by atoms with E-state index in [9.17, 15) is 14.4 Å². The van der Waals surface area contributed by atoms with Gasteiger partial charge in [-0.3, -0.25) is 10.2 Å². The van der Waals surface area contributed by atoms with Crippen LogP contribution < -0.4 is 10.6 Å². The number of carbonyl (C=O) groups is 3. The van der Waals surface area contributed by atoms with E-state index in [1.807, 2.05) is 29.2 Å². The number of nitrogens with two attached hydrogens (primary N) is 1. The van der Waals surface area contributed by atoms with Crippen LogP contribution in [0.2, 0.25) is 0 Å². The predicted molar refractivity (Wildman–Crippen MR) is 147 cm³/mol. The Morgan fingerprint density at radius 3 is 2.37 bits per heavy atom. The van der Waals surface area contributed by atoms with Crippen molar-refractivity contribution in [2.45, 2.75) is 70.8 Å². The lowest BCUT2D eigenvalue weighted by Crippen LogP contribution is -2.60. The number of imide groups is 1. The Labute approximate surface area is 224 Å². The number of anilines is 1. The topological polar surface area (TPSA) is 114 Å². The second-order valence-electron chi connectivity index (χ2n) is 10.5. The molecule has 8 nitrogen and oxygen atoms in total. The first-order valence-corrected chi connectivity index (χ1v) is 13.7. The molecule has 1 aliphatic heterocycles. The van der Waals surface area contributed by atoms with Gasteiger partial charge in [-0.25, -0.2) is 4.79 Å². The molecule has 0 saturated heterocycles. The summed E-state index contributed by atoms with van der Waals surface area (Å²) >= 11 is 0. The molecule has 0 spiro atoms. The normalized spacial score (nSPS) is 17.3. The first kappa shape index (κ1) is 27.5. The molecule has 3 amide bonds. The van der Waals surface area contributed by atoms with Crippen molar-refractivity contribution in [1.82, 2.24) is 0 Å². The van der Waals surface area contributed by atoms with Gasteiger partial charge >= 0.3 is 12.0 Å². The molecule has 8 heteroatoms. The van der Waals surface area contributed by atoms with E-state index >= 15 is 0 Å². The first-order chi connectivity index (χ1) is 18.3. The predicted octanol–water partition coefficient (Wildman–Crippen LogP) is 4.96. The van der Waals surface area contributed by atoms with Crippen molar-refractivity contribution >= 4 is 29.4 Å². The zero-order valence-corrected chi connectivity index (χ0v) is 22.5. The number of nitrogens with zero attached hydrogens (tertiary/aromatic N) is 2. The highest BCUT2D eigenvalue weighted by Gasteiger charge is 2.49. The molecule has 38 heavy (non-hydrogen) atoms. The number of rotatable bonds is 7. The first-order valence-electron chi connectivity index (χ1n) is 13.7. The summed E-state index contributed by atoms with van der Waals surface area (Å²) in [6, 6.07) is 12.8. The smallest absolute Gasteiger partial charge is 0.420 e. The zero-order chi connectivity index (χ0) is 27.3. The van der Waals surface area contributed by atoms with Gasteiger partial charge in [-0.05, 0) is 68.4 Å². The number of fused-ring (bicyclic) bond motifs is 1. The average molecular weight is 520 g/mol. The molecule has 1 fully saturated rings. The fraction of sp³-hybridized carbons (Fsp3) is 0.467. The maximum atomic E-state index is 13.9. The third-order valence-electron chi connectivity index (χ3n) is 8.01. The van der Waals surface area contributed by atoms with Crippen LogP contribution in [0.15, 0.2) is 42.5 Å². The SMILES string of the molecule is CCOC(=O)[N+](C)(C(=O)c1ccc2c(c1)CCCN2C(=O)CCc1ccc(C(=N)N)cc1)C1CCCCC1. The standard InChI is InChI=1S/C30H39N4O4/c1-3-38-30(37)34(2,25-9-5-4-6-10-25)29(36)24-16-17-26-23(20-24)8-7-19-33(26)27(35)18-13-21-11-14-22(15-12-21)28(31)32/h11-12,14-17,20,25H,3-10,13,18-19H2,1-2H3,(H3,31,32)/q+1. The quantitative estimate of drug-likeness (QED) is 0.305. The third-order valence-corrected chi connectivity index (χ3v) is 8.01. The van der Waals surface area contributed by atoms with Crippen LogP contribution in [-0.4, -0.2) is 54.5 Å². The number of hydrogen-bond acceptors (Lipinski definition) is 5. The molecular formula is C30H39N4O4+. The Bertz CT molecular complexity index is 1200. The van der Waals surface area contributed by atoms with Gasteiger partial charge in [0.2, 0.25) is 5.91 Å². The fourth-order valence-electron chi connectivity index (χ4n) is 5.75. The number of aryl methyl sites for hydroxylation is 2. The summed E-state index contributed by atoms with van der Waals surface area (Å²) in [5.74, 6) is -0.180. The van der Waals surface area contributed by atoms with Crippen LogP contribution in [0, 0.1) is 5.41 Å². The highest BCUT2D eigenvalue weighted by atomic mass is 16.6. The van der Waals surface area contributed by atoms with E-state index in [0.717, 1.165) is 61.8 Å². The van der Waals surface area contributed by atoms with Crippen LogP contribution in [-0.2, 0) is 22.4 Å². The Morgan fingerprint density at radius 2 is 1.71 bits per heavy atom. The molecule has 1 saturated carbocycles. The van der Waals surface area contributed by atoms with E-state index in [2.05, 4.69) is 0 Å². The molecule has 2 aromatic rings. The van der Waals surface area contributed by atoms with Crippen LogP contribution in [0.3, 0.4) is 0 Å². The van der Waals surface area contributed by atoms with Gasteiger partial charge in [-0.1, -0.05) is 30.7 Å². The fourth-order valence-corrected chi connectivity index (χ4v) is 5.75. The highest BCUT2D eigenvalue weighted by molar-refractivity contribution is 5.98. The van der Waals surface area contributed by atoms with Crippen LogP contribution in [0.25, 0.3) is 0 Å². The number of nitrogen functional groups attached to an aromatic ring is 1. The molecule has 0 aromatic heterocycles. The monoisotopic (exact) mass is 519 g/mol. The maximum absolute atomic E-state index is 13.9. The molecule has 0 radical (unpaired) electrons. The summed E-state index contributed by atoms with van der Waals surface area (Å²) < 4.78 is 5.03. The van der Waals surface area contributed by atoms with Crippen molar-refractivity contribution in [3.05, 3.63) is 64.7 Å². The summed E-state index contributed by atoms with van der Waals surface area (Å²) in [6.07, 6.45) is 6.85. The average Bonchev–Trinajstić information content (AvgIpc) is 2.95. The van der Waals surface area contributed by atoms with E-state index in [-0.39, 0.29) is 34.8 Å². The van der Waals surface area contributed by atoms with E-state index in [0.29, 0.717) is 30.5 Å². The van der Waals surface area contributed by atoms with E-state index in [4.69, 9.17) is 15.9 Å². The van der Waals surface area contributed by atoms with E-state index in [1.165, 1.54) is 0 Å². The summed E-state index contributed by atoms with van der Waals surface area (Å²) in [5, 5.41) is 7.52. The van der Waals surface area contributed by atoms with Crippen LogP contribution in [0.1, 0.15) is 78.9 Å². The van der Waals surface area contributed by atoms with Gasteiger partial charge in [0.25, 0.3) is 0 Å². The second-order valence-corrected chi connectivity index (χ2v) is 10.5. The highest BCUT2D eigenvalue weighted by Crippen LogP contribution is 2.33. The van der Waals surface area contributed by atoms with Crippen LogP contribution >= 0.6 is 0 Å². The van der Waals surface area contributed by atoms with E-state index in [1.54, 1.807) is 32.2 Å². The molecular weight excluding hydrogens is 480 g/mol. The Hall–Kier alpha value is -3.52. The maximum Gasteiger partial charge on any atom is 0.523 e. The van der Waals surface area contributed by atoms with Gasteiger partial charge in [0.15, 0.2) is 0 Å². The molecule has 0 bridgehead atoms. The summed E-state index contributed by atoms with van der Waals surface area (Å²) in [6.45, 7) is 2.63. The molecule has 4 rings (SSSR count). The van der Waals surface area contributed by atoms with Gasteiger partial charge in [0.1, 0.15) is 11.9 Å². The molecule has 1 heterocycles. The van der Waals surface area contributed by atoms with Gasteiger partial charge in [-0.15, -0.1) is 0 Å². The number of ether oxygens (including phenoxy) is 1. The van der Waals surface area contributed by atoms with Crippen molar-refractivity contribution in [1.29, 1.82) is 5.41 Å². The Kier molecular flexibility index (Phi) is 8.62. The molecule has 1 atom stereocenters. The van der Waals surface area contributed by atoms with Crippen molar-refractivity contribution in [3.8, 4) is 0 Å². The number of nitrogens with one attached hydrogen (secondary N) is 1. The van der Waals surface area contributed by atoms with Crippen molar-refractivity contribution in [2.75, 3.05) is 25.1 Å². The molecule has 2 aromatic carbocycles. The lowest BCUT2D eigenvalue weighted by molar-refractivity contribution is -0.784. The molecule has 2 aliphatic rings. The third kappa shape index (κ3) is 5.65. The van der Waals surface area contributed by atoms with Gasteiger partial charge in [0.05, 0.1) is 19.2 Å². The second kappa shape index (κ2) is 11.9. The van der Waals surface area contributed by atoms with Crippen molar-refractivity contribution in [2.24, 2.45) is 5.73 Å². The molecule has 3 N–H and O–H groups in total. The van der Waals surface area contributed by atoms with E-state index < -0.39 is 6.09 Å². The Morgan fingerprint density at radius 1 is 1.03 bits per heavy atom. The zero-order valence-electron chi connectivity index (χ0n) is 22.5. The van der Waals surface area contributed by atoms with Gasteiger partial charge in [0, 0.05) is 37.1 Å². The number of quaternary nitrogens is 1. The minimum Gasteiger partial charge on any atom is -0.420 e. The molecule has 1 unspecified atom stereocenters. The number of hydrogen-bond donors (Lipinski definition) is 2. The van der Waals surface area contributed by atoms with Crippen molar-refractivity contribution in [3.63, 3.8) is 0 Å². The van der Waals surface area contributed by atoms with Crippen LogP contribution in [0.5, 0.6) is 0 Å². The Balaban J connectivity index is 1.52. The van der Waals surface area contributed by atoms with Gasteiger partial charge in [-0.2, -0.15) is 9.28 Å². The number of benzene rings is 2. The van der Waals surface area contributed by atoms with Crippen molar-refractivity contribution < 1.29 is 23.6 Å². The number of carbonyl (C=O) groups excluding carboxylic acids is 3. The number of amidine groups is 1. The lowest BCUT2D eigenvalue weighted by atomic mass is 9.91.